The van der Waals surface area contributed by atoms with Crippen molar-refractivity contribution in [3.05, 3.63) is 77.3 Å². The average molecular weight is 604 g/mol. The van der Waals surface area contributed by atoms with Crippen molar-refractivity contribution in [1.29, 1.82) is 0 Å². The summed E-state index contributed by atoms with van der Waals surface area (Å²) in [7, 11) is 2.09. The van der Waals surface area contributed by atoms with Gasteiger partial charge in [0.05, 0.1) is 29.7 Å². The SMILES string of the molecule is C=C(C)/C(=C\C(=CC)C(=O)NCCN1CCC2(CCO2)CC1)NC(=O)/C(=C/N)c1ncc(C(/C=C/CC)=C2\CCCN2C)[nH]1. The Morgan fingerprint density at radius 3 is 2.55 bits per heavy atom. The first kappa shape index (κ1) is 33.0. The number of nitrogens with one attached hydrogen (secondary N) is 3. The second kappa shape index (κ2) is 15.2. The van der Waals surface area contributed by atoms with Gasteiger partial charge in [-0.3, -0.25) is 9.59 Å². The van der Waals surface area contributed by atoms with Crippen LogP contribution in [0.15, 0.2) is 65.8 Å². The standard InChI is InChI=1S/C34H49N7O3/c1-6-8-10-26(30-11-9-16-40(30)5)29-23-37-31(38-29)27(22-35)33(43)39-28(24(3)4)21-25(7-2)32(42)36-15-19-41-17-12-34(13-18-41)14-20-44-34/h7-8,10,21-23H,3,6,9,11-20,35H2,1-2,4-5H3,(H,36,42)(H,37,38)(H,39,43)/b10-8+,25-7?,27-22+,28-21+,30-26+. The van der Waals surface area contributed by atoms with E-state index in [0.29, 0.717) is 29.2 Å². The summed E-state index contributed by atoms with van der Waals surface area (Å²) in [6.45, 7) is 14.9. The zero-order valence-electron chi connectivity index (χ0n) is 26.8. The van der Waals surface area contributed by atoms with Gasteiger partial charge in [0, 0.05) is 68.5 Å². The van der Waals surface area contributed by atoms with E-state index < -0.39 is 5.91 Å². The molecule has 5 N–H and O–H groups in total. The Kier molecular flexibility index (Phi) is 11.4. The van der Waals surface area contributed by atoms with Gasteiger partial charge in [-0.2, -0.15) is 0 Å². The maximum atomic E-state index is 13.4. The van der Waals surface area contributed by atoms with E-state index in [9.17, 15) is 9.59 Å². The maximum absolute atomic E-state index is 13.4. The Labute approximate surface area is 261 Å². The fraction of sp³-hybridized carbons (Fsp3) is 0.500. The van der Waals surface area contributed by atoms with E-state index in [1.54, 1.807) is 32.2 Å². The summed E-state index contributed by atoms with van der Waals surface area (Å²) >= 11 is 0. The molecule has 10 heteroatoms. The third-order valence-corrected chi connectivity index (χ3v) is 8.76. The summed E-state index contributed by atoms with van der Waals surface area (Å²) in [5.74, 6) is -0.298. The quantitative estimate of drug-likeness (QED) is 0.210. The van der Waals surface area contributed by atoms with Gasteiger partial charge in [-0.25, -0.2) is 4.98 Å². The summed E-state index contributed by atoms with van der Waals surface area (Å²) in [5, 5.41) is 5.90. The highest BCUT2D eigenvalue weighted by Gasteiger charge is 2.40. The molecule has 3 fully saturated rings. The summed E-state index contributed by atoms with van der Waals surface area (Å²) in [6.07, 6.45) is 16.8. The number of carbonyl (C=O) groups is 2. The minimum absolute atomic E-state index is 0.114. The van der Waals surface area contributed by atoms with Crippen molar-refractivity contribution in [2.24, 2.45) is 5.73 Å². The Bertz CT molecular complexity index is 1370. The first-order valence-corrected chi connectivity index (χ1v) is 15.8. The molecule has 1 spiro atoms. The molecule has 0 unspecified atom stereocenters. The number of piperidine rings is 1. The smallest absolute Gasteiger partial charge is 0.260 e. The molecule has 0 aromatic carbocycles. The number of H-pyrrole nitrogens is 1. The van der Waals surface area contributed by atoms with Gasteiger partial charge in [0.15, 0.2) is 0 Å². The third kappa shape index (κ3) is 7.98. The van der Waals surface area contributed by atoms with Crippen molar-refractivity contribution in [1.82, 2.24) is 30.4 Å². The lowest BCUT2D eigenvalue weighted by Crippen LogP contribution is -2.53. The molecule has 238 valence electrons. The van der Waals surface area contributed by atoms with Gasteiger partial charge in [0.25, 0.3) is 11.8 Å². The zero-order chi connectivity index (χ0) is 31.7. The van der Waals surface area contributed by atoms with E-state index >= 15 is 0 Å². The molecule has 1 aromatic heterocycles. The molecule has 4 rings (SSSR count). The normalized spacial score (nSPS) is 20.6. The van der Waals surface area contributed by atoms with E-state index in [-0.39, 0.29) is 17.1 Å². The van der Waals surface area contributed by atoms with Crippen molar-refractivity contribution in [2.75, 3.05) is 46.4 Å². The average Bonchev–Trinajstić information content (AvgIpc) is 3.65. The number of carbonyl (C=O) groups excluding carboxylic acids is 2. The molecular weight excluding hydrogens is 554 g/mol. The predicted molar refractivity (Wildman–Crippen MR) is 176 cm³/mol. The number of amides is 2. The van der Waals surface area contributed by atoms with Crippen molar-refractivity contribution in [2.45, 2.75) is 64.9 Å². The number of hydrogen-bond donors (Lipinski definition) is 4. The number of likely N-dealkylation sites (tertiary alicyclic amines) is 2. The molecule has 4 heterocycles. The first-order valence-electron chi connectivity index (χ1n) is 15.8. The predicted octanol–water partition coefficient (Wildman–Crippen LogP) is 4.01. The highest BCUT2D eigenvalue weighted by Crippen LogP contribution is 2.36. The van der Waals surface area contributed by atoms with Crippen molar-refractivity contribution in [3.63, 3.8) is 0 Å². The van der Waals surface area contributed by atoms with Crippen LogP contribution in [0.2, 0.25) is 0 Å². The zero-order valence-corrected chi connectivity index (χ0v) is 26.8. The first-order chi connectivity index (χ1) is 21.2. The lowest BCUT2D eigenvalue weighted by molar-refractivity contribution is -0.172. The molecule has 0 atom stereocenters. The number of nitrogens with two attached hydrogens (primary N) is 1. The summed E-state index contributed by atoms with van der Waals surface area (Å²) in [4.78, 5) is 38.9. The van der Waals surface area contributed by atoms with Gasteiger partial charge in [-0.1, -0.05) is 31.7 Å². The molecular formula is C34H49N7O3. The Morgan fingerprint density at radius 2 is 1.98 bits per heavy atom. The molecule has 0 aliphatic carbocycles. The Balaban J connectivity index is 1.39. The molecule has 0 bridgehead atoms. The van der Waals surface area contributed by atoms with Crippen LogP contribution in [0.4, 0.5) is 0 Å². The van der Waals surface area contributed by atoms with Gasteiger partial charge in [-0.15, -0.1) is 0 Å². The fourth-order valence-corrected chi connectivity index (χ4v) is 5.87. The minimum atomic E-state index is -0.451. The number of allylic oxidation sites excluding steroid dienone is 6. The second-order valence-corrected chi connectivity index (χ2v) is 11.8. The van der Waals surface area contributed by atoms with Crippen LogP contribution >= 0.6 is 0 Å². The summed E-state index contributed by atoms with van der Waals surface area (Å²) in [6, 6.07) is 0. The molecule has 0 saturated carbocycles. The monoisotopic (exact) mass is 603 g/mol. The molecule has 0 radical (unpaired) electrons. The highest BCUT2D eigenvalue weighted by molar-refractivity contribution is 6.19. The van der Waals surface area contributed by atoms with Crippen LogP contribution in [-0.2, 0) is 14.3 Å². The number of aromatic amines is 1. The van der Waals surface area contributed by atoms with E-state index in [1.807, 2.05) is 0 Å². The Hall–Kier alpha value is -3.89. The molecule has 3 aliphatic heterocycles. The van der Waals surface area contributed by atoms with Crippen LogP contribution in [0, 0.1) is 0 Å². The van der Waals surface area contributed by atoms with Crippen LogP contribution in [-0.4, -0.2) is 83.6 Å². The second-order valence-electron chi connectivity index (χ2n) is 11.8. The van der Waals surface area contributed by atoms with Gasteiger partial charge >= 0.3 is 0 Å². The largest absolute Gasteiger partial charge is 0.404 e. The molecule has 2 amide bonds. The van der Waals surface area contributed by atoms with Crippen LogP contribution in [0.5, 0.6) is 0 Å². The number of imidazole rings is 1. The van der Waals surface area contributed by atoms with Gasteiger partial charge in [0.1, 0.15) is 5.82 Å². The van der Waals surface area contributed by atoms with E-state index in [2.05, 4.69) is 63.1 Å². The maximum Gasteiger partial charge on any atom is 0.260 e. The van der Waals surface area contributed by atoms with Gasteiger partial charge < -0.3 is 35.9 Å². The fourth-order valence-electron chi connectivity index (χ4n) is 5.87. The number of aromatic nitrogens is 2. The number of rotatable bonds is 12. The number of ether oxygens (including phenoxy) is 1. The van der Waals surface area contributed by atoms with Crippen molar-refractivity contribution >= 4 is 23.0 Å². The summed E-state index contributed by atoms with van der Waals surface area (Å²) < 4.78 is 5.80. The van der Waals surface area contributed by atoms with Crippen molar-refractivity contribution in [3.8, 4) is 0 Å². The van der Waals surface area contributed by atoms with Crippen LogP contribution in [0.3, 0.4) is 0 Å². The van der Waals surface area contributed by atoms with E-state index in [4.69, 9.17) is 10.5 Å². The minimum Gasteiger partial charge on any atom is -0.404 e. The number of hydrogen-bond acceptors (Lipinski definition) is 7. The highest BCUT2D eigenvalue weighted by atomic mass is 16.5. The third-order valence-electron chi connectivity index (χ3n) is 8.76. The molecule has 1 aromatic rings. The van der Waals surface area contributed by atoms with Crippen LogP contribution in [0.25, 0.3) is 11.1 Å². The van der Waals surface area contributed by atoms with Gasteiger partial charge in [-0.05, 0) is 64.0 Å². The van der Waals surface area contributed by atoms with Crippen LogP contribution < -0.4 is 16.4 Å². The molecule has 10 nitrogen and oxygen atoms in total. The van der Waals surface area contributed by atoms with Crippen LogP contribution in [0.1, 0.15) is 70.8 Å². The van der Waals surface area contributed by atoms with E-state index in [0.717, 1.165) is 82.6 Å². The molecule has 44 heavy (non-hydrogen) atoms. The molecule has 3 saturated heterocycles. The lowest BCUT2D eigenvalue weighted by Gasteiger charge is -2.47. The number of nitrogens with zero attached hydrogens (tertiary/aromatic N) is 3. The van der Waals surface area contributed by atoms with Crippen molar-refractivity contribution < 1.29 is 14.3 Å². The molecule has 3 aliphatic rings. The lowest BCUT2D eigenvalue weighted by atomic mass is 9.84. The topological polar surface area (TPSA) is 129 Å². The Morgan fingerprint density at radius 1 is 1.23 bits per heavy atom. The summed E-state index contributed by atoms with van der Waals surface area (Å²) in [5.41, 5.74) is 10.8. The van der Waals surface area contributed by atoms with E-state index in [1.165, 1.54) is 11.9 Å². The van der Waals surface area contributed by atoms with Gasteiger partial charge in [0.2, 0.25) is 0 Å².